The fourth-order valence-electron chi connectivity index (χ4n) is 2.75. The van der Waals surface area contributed by atoms with Crippen molar-refractivity contribution in [3.05, 3.63) is 45.7 Å². The molecule has 1 aromatic heterocycles. The highest BCUT2D eigenvalue weighted by atomic mass is 35.5. The number of benzene rings is 1. The molecule has 1 amide bonds. The average molecular weight is 364 g/mol. The average Bonchev–Trinajstić information content (AvgIpc) is 2.85. The highest BCUT2D eigenvalue weighted by Gasteiger charge is 2.18. The summed E-state index contributed by atoms with van der Waals surface area (Å²) in [6.45, 7) is 7.24. The van der Waals surface area contributed by atoms with Gasteiger partial charge < -0.3 is 9.64 Å². The van der Waals surface area contributed by atoms with E-state index in [0.29, 0.717) is 24.6 Å². The van der Waals surface area contributed by atoms with Gasteiger partial charge >= 0.3 is 0 Å². The lowest BCUT2D eigenvalue weighted by molar-refractivity contribution is -0.129. The van der Waals surface area contributed by atoms with Crippen molar-refractivity contribution in [2.45, 2.75) is 33.6 Å². The Morgan fingerprint density at radius 1 is 1.32 bits per heavy atom. The van der Waals surface area contributed by atoms with Crippen LogP contribution in [0.2, 0.25) is 5.02 Å². The zero-order valence-electron chi connectivity index (χ0n) is 15.6. The van der Waals surface area contributed by atoms with Gasteiger partial charge in [-0.25, -0.2) is 4.68 Å². The molecule has 2 rings (SSSR count). The number of hydrogen-bond acceptors (Lipinski definition) is 3. The molecule has 1 heterocycles. The molecule has 0 N–H and O–H groups in total. The summed E-state index contributed by atoms with van der Waals surface area (Å²) in [5, 5.41) is 5.32. The molecule has 0 unspecified atom stereocenters. The zero-order chi connectivity index (χ0) is 18.6. The van der Waals surface area contributed by atoms with Gasteiger partial charge in [0.05, 0.1) is 17.8 Å². The van der Waals surface area contributed by atoms with Gasteiger partial charge in [0, 0.05) is 43.6 Å². The van der Waals surface area contributed by atoms with Crippen LogP contribution in [0.3, 0.4) is 0 Å². The maximum Gasteiger partial charge on any atom is 0.226 e. The molecule has 0 spiro atoms. The maximum atomic E-state index is 12.5. The molecular formula is C19H26ClN3O2. The molecule has 6 heteroatoms. The van der Waals surface area contributed by atoms with Crippen LogP contribution in [-0.4, -0.2) is 47.9 Å². The normalized spacial score (nSPS) is 11.0. The minimum absolute atomic E-state index is 0.0868. The second-order valence-electron chi connectivity index (χ2n) is 6.33. The Balaban J connectivity index is 2.19. The van der Waals surface area contributed by atoms with E-state index in [2.05, 4.69) is 5.10 Å². The molecule has 0 fully saturated rings. The second-order valence-corrected chi connectivity index (χ2v) is 6.74. The van der Waals surface area contributed by atoms with Crippen LogP contribution in [-0.2, 0) is 16.0 Å². The van der Waals surface area contributed by atoms with E-state index in [1.165, 1.54) is 0 Å². The molecule has 0 atom stereocenters. The van der Waals surface area contributed by atoms with Crippen molar-refractivity contribution >= 4 is 17.5 Å². The van der Waals surface area contributed by atoms with Crippen LogP contribution in [0.4, 0.5) is 0 Å². The third-order valence-electron chi connectivity index (χ3n) is 4.44. The van der Waals surface area contributed by atoms with Gasteiger partial charge in [-0.15, -0.1) is 0 Å². The lowest BCUT2D eigenvalue weighted by Gasteiger charge is -2.17. The zero-order valence-corrected chi connectivity index (χ0v) is 16.4. The SMILES string of the molecule is COCCCN(C)C(=O)Cc1c(C)nn(-c2ccc(C)c(Cl)c2)c1C. The summed E-state index contributed by atoms with van der Waals surface area (Å²) in [5.41, 5.74) is 4.74. The van der Waals surface area contributed by atoms with Gasteiger partial charge in [0.25, 0.3) is 0 Å². The molecular weight excluding hydrogens is 338 g/mol. The fourth-order valence-corrected chi connectivity index (χ4v) is 2.93. The Labute approximate surface area is 154 Å². The number of halogens is 1. The van der Waals surface area contributed by atoms with E-state index >= 15 is 0 Å². The van der Waals surface area contributed by atoms with Gasteiger partial charge in [0.2, 0.25) is 5.91 Å². The molecule has 0 aliphatic rings. The Morgan fingerprint density at radius 3 is 2.68 bits per heavy atom. The van der Waals surface area contributed by atoms with Crippen LogP contribution >= 0.6 is 11.6 Å². The van der Waals surface area contributed by atoms with E-state index in [9.17, 15) is 4.79 Å². The van der Waals surface area contributed by atoms with Crippen LogP contribution in [0.1, 0.15) is 28.9 Å². The second kappa shape index (κ2) is 8.50. The van der Waals surface area contributed by atoms with Crippen molar-refractivity contribution < 1.29 is 9.53 Å². The van der Waals surface area contributed by atoms with Gasteiger partial charge in [-0.2, -0.15) is 5.10 Å². The van der Waals surface area contributed by atoms with E-state index in [4.69, 9.17) is 16.3 Å². The summed E-state index contributed by atoms with van der Waals surface area (Å²) in [5.74, 6) is 0.0868. The molecule has 0 saturated heterocycles. The number of carbonyl (C=O) groups is 1. The maximum absolute atomic E-state index is 12.5. The molecule has 0 aliphatic heterocycles. The minimum atomic E-state index is 0.0868. The van der Waals surface area contributed by atoms with Gasteiger partial charge in [-0.3, -0.25) is 4.79 Å². The number of amides is 1. The molecule has 0 saturated carbocycles. The topological polar surface area (TPSA) is 47.4 Å². The Bertz CT molecular complexity index is 755. The molecule has 136 valence electrons. The number of ether oxygens (including phenoxy) is 1. The molecule has 25 heavy (non-hydrogen) atoms. The molecule has 0 bridgehead atoms. The molecule has 5 nitrogen and oxygen atoms in total. The van der Waals surface area contributed by atoms with Crippen molar-refractivity contribution in [3.8, 4) is 5.69 Å². The van der Waals surface area contributed by atoms with Crippen LogP contribution < -0.4 is 0 Å². The van der Waals surface area contributed by atoms with E-state index in [1.54, 1.807) is 12.0 Å². The highest BCUT2D eigenvalue weighted by Crippen LogP contribution is 2.23. The summed E-state index contributed by atoms with van der Waals surface area (Å²) in [6.07, 6.45) is 1.18. The fraction of sp³-hybridized carbons (Fsp3) is 0.474. The summed E-state index contributed by atoms with van der Waals surface area (Å²) in [6, 6.07) is 5.87. The molecule has 2 aromatic rings. The minimum Gasteiger partial charge on any atom is -0.385 e. The van der Waals surface area contributed by atoms with E-state index < -0.39 is 0 Å². The predicted molar refractivity (Wildman–Crippen MR) is 101 cm³/mol. The van der Waals surface area contributed by atoms with Gasteiger partial charge in [0.1, 0.15) is 0 Å². The number of likely N-dealkylation sites (N-methyl/N-ethyl adjacent to an activating group) is 1. The van der Waals surface area contributed by atoms with Crippen molar-refractivity contribution in [3.63, 3.8) is 0 Å². The van der Waals surface area contributed by atoms with Crippen molar-refractivity contribution in [2.24, 2.45) is 0 Å². The van der Waals surface area contributed by atoms with Crippen LogP contribution in [0, 0.1) is 20.8 Å². The van der Waals surface area contributed by atoms with Gasteiger partial charge in [-0.1, -0.05) is 17.7 Å². The van der Waals surface area contributed by atoms with E-state index in [0.717, 1.165) is 34.6 Å². The number of nitrogens with zero attached hydrogens (tertiary/aromatic N) is 3. The van der Waals surface area contributed by atoms with Crippen LogP contribution in [0.15, 0.2) is 18.2 Å². The monoisotopic (exact) mass is 363 g/mol. The van der Waals surface area contributed by atoms with Crippen molar-refractivity contribution in [2.75, 3.05) is 27.3 Å². The Hall–Kier alpha value is -1.85. The first kappa shape index (κ1) is 19.5. The first-order chi connectivity index (χ1) is 11.8. The predicted octanol–water partition coefficient (Wildman–Crippen LogP) is 3.49. The van der Waals surface area contributed by atoms with Crippen molar-refractivity contribution in [1.82, 2.24) is 14.7 Å². The van der Waals surface area contributed by atoms with E-state index in [1.807, 2.05) is 50.7 Å². The number of carbonyl (C=O) groups excluding carboxylic acids is 1. The lowest BCUT2D eigenvalue weighted by Crippen LogP contribution is -2.30. The third-order valence-corrected chi connectivity index (χ3v) is 4.84. The molecule has 1 aromatic carbocycles. The lowest BCUT2D eigenvalue weighted by atomic mass is 10.1. The van der Waals surface area contributed by atoms with E-state index in [-0.39, 0.29) is 5.91 Å². The molecule has 0 radical (unpaired) electrons. The summed E-state index contributed by atoms with van der Waals surface area (Å²) in [4.78, 5) is 14.2. The number of rotatable bonds is 7. The van der Waals surface area contributed by atoms with Gasteiger partial charge in [-0.05, 0) is 44.9 Å². The highest BCUT2D eigenvalue weighted by molar-refractivity contribution is 6.31. The van der Waals surface area contributed by atoms with Crippen LogP contribution in [0.25, 0.3) is 5.69 Å². The number of aryl methyl sites for hydroxylation is 2. The summed E-state index contributed by atoms with van der Waals surface area (Å²) < 4.78 is 6.89. The first-order valence-corrected chi connectivity index (χ1v) is 8.77. The van der Waals surface area contributed by atoms with Crippen LogP contribution in [0.5, 0.6) is 0 Å². The Morgan fingerprint density at radius 2 is 2.04 bits per heavy atom. The Kier molecular flexibility index (Phi) is 6.62. The largest absolute Gasteiger partial charge is 0.385 e. The van der Waals surface area contributed by atoms with Crippen molar-refractivity contribution in [1.29, 1.82) is 0 Å². The first-order valence-electron chi connectivity index (χ1n) is 8.39. The number of methoxy groups -OCH3 is 1. The molecule has 0 aliphatic carbocycles. The van der Waals surface area contributed by atoms with Gasteiger partial charge in [0.15, 0.2) is 0 Å². The number of hydrogen-bond donors (Lipinski definition) is 0. The summed E-state index contributed by atoms with van der Waals surface area (Å²) >= 11 is 6.24. The quantitative estimate of drug-likeness (QED) is 0.707. The third kappa shape index (κ3) is 4.61. The number of aromatic nitrogens is 2. The standard InChI is InChI=1S/C19H26ClN3O2/c1-13-7-8-16(11-18(13)20)23-15(3)17(14(2)21-23)12-19(24)22(4)9-6-10-25-5/h7-8,11H,6,9-10,12H2,1-5H3. The smallest absolute Gasteiger partial charge is 0.226 e. The summed E-state index contributed by atoms with van der Waals surface area (Å²) in [7, 11) is 3.49.